The summed E-state index contributed by atoms with van der Waals surface area (Å²) >= 11 is 0. The Morgan fingerprint density at radius 3 is 2.74 bits per heavy atom. The van der Waals surface area contributed by atoms with Gasteiger partial charge in [0.15, 0.2) is 0 Å². The second-order valence-corrected chi connectivity index (χ2v) is 5.32. The van der Waals surface area contributed by atoms with Crippen molar-refractivity contribution in [1.82, 2.24) is 9.97 Å². The Morgan fingerprint density at radius 2 is 2.11 bits per heavy atom. The molecule has 0 saturated carbocycles. The number of nitrogens with zero attached hydrogens (tertiary/aromatic N) is 2. The second-order valence-electron chi connectivity index (χ2n) is 5.32. The summed E-state index contributed by atoms with van der Waals surface area (Å²) in [6.07, 6.45) is 2.93. The van der Waals surface area contributed by atoms with Crippen LogP contribution in [0.5, 0.6) is 0 Å². The lowest BCUT2D eigenvalue weighted by Crippen LogP contribution is -2.35. The minimum Gasteiger partial charge on any atom is -0.379 e. The number of hydrogen-bond donors (Lipinski definition) is 2. The van der Waals surface area contributed by atoms with Gasteiger partial charge in [-0.15, -0.1) is 0 Å². The summed E-state index contributed by atoms with van der Waals surface area (Å²) in [5, 5.41) is 6.82. The van der Waals surface area contributed by atoms with E-state index in [4.69, 9.17) is 4.74 Å². The van der Waals surface area contributed by atoms with Crippen molar-refractivity contribution in [2.45, 2.75) is 45.6 Å². The first-order valence-corrected chi connectivity index (χ1v) is 7.13. The normalized spacial score (nSPS) is 22.5. The Morgan fingerprint density at radius 1 is 1.32 bits per heavy atom. The van der Waals surface area contributed by atoms with E-state index in [-0.39, 0.29) is 5.54 Å². The van der Waals surface area contributed by atoms with Crippen LogP contribution in [0.4, 0.5) is 11.6 Å². The number of anilines is 2. The molecular formula is C14H24N4O. The van der Waals surface area contributed by atoms with E-state index >= 15 is 0 Å². The van der Waals surface area contributed by atoms with Crippen LogP contribution < -0.4 is 10.6 Å². The quantitative estimate of drug-likeness (QED) is 0.826. The molecular weight excluding hydrogens is 240 g/mol. The van der Waals surface area contributed by atoms with Crippen LogP contribution in [0, 0.1) is 0 Å². The van der Waals surface area contributed by atoms with Gasteiger partial charge in [-0.3, -0.25) is 0 Å². The van der Waals surface area contributed by atoms with Crippen LogP contribution >= 0.6 is 0 Å². The van der Waals surface area contributed by atoms with Gasteiger partial charge < -0.3 is 15.4 Å². The molecule has 1 fully saturated rings. The molecule has 1 atom stereocenters. The van der Waals surface area contributed by atoms with E-state index in [0.717, 1.165) is 56.5 Å². The van der Waals surface area contributed by atoms with Crippen molar-refractivity contribution in [3.8, 4) is 0 Å². The summed E-state index contributed by atoms with van der Waals surface area (Å²) in [6, 6.07) is 1.98. The van der Waals surface area contributed by atoms with Gasteiger partial charge >= 0.3 is 0 Å². The van der Waals surface area contributed by atoms with Crippen LogP contribution in [0.25, 0.3) is 0 Å². The summed E-state index contributed by atoms with van der Waals surface area (Å²) in [5.74, 6) is 2.66. The van der Waals surface area contributed by atoms with Crippen molar-refractivity contribution in [2.24, 2.45) is 0 Å². The predicted octanol–water partition coefficient (Wildman–Crippen LogP) is 2.45. The number of ether oxygens (including phenoxy) is 1. The second kappa shape index (κ2) is 6.19. The zero-order valence-corrected chi connectivity index (χ0v) is 12.1. The first-order chi connectivity index (χ1) is 9.15. The maximum absolute atomic E-state index is 5.46. The van der Waals surface area contributed by atoms with E-state index < -0.39 is 0 Å². The maximum atomic E-state index is 5.46. The highest BCUT2D eigenvalue weighted by Crippen LogP contribution is 2.24. The Labute approximate surface area is 115 Å². The first kappa shape index (κ1) is 14.1. The summed E-state index contributed by atoms with van der Waals surface area (Å²) in [4.78, 5) is 9.04. The molecule has 2 N–H and O–H groups in total. The summed E-state index contributed by atoms with van der Waals surface area (Å²) < 4.78 is 5.46. The lowest BCUT2D eigenvalue weighted by atomic mass is 10.0. The molecule has 0 spiro atoms. The van der Waals surface area contributed by atoms with E-state index in [2.05, 4.69) is 41.4 Å². The molecule has 1 aliphatic heterocycles. The van der Waals surface area contributed by atoms with E-state index in [0.29, 0.717) is 0 Å². The van der Waals surface area contributed by atoms with Crippen molar-refractivity contribution in [2.75, 3.05) is 30.4 Å². The van der Waals surface area contributed by atoms with Crippen LogP contribution in [-0.4, -0.2) is 35.3 Å². The highest BCUT2D eigenvalue weighted by atomic mass is 16.5. The van der Waals surface area contributed by atoms with Crippen molar-refractivity contribution >= 4 is 11.6 Å². The minimum absolute atomic E-state index is 0.0125. The number of hydrogen-bond acceptors (Lipinski definition) is 5. The Hall–Kier alpha value is -1.36. The zero-order chi connectivity index (χ0) is 13.7. The molecule has 0 amide bonds. The molecule has 0 bridgehead atoms. The smallest absolute Gasteiger partial charge is 0.132 e. The summed E-state index contributed by atoms with van der Waals surface area (Å²) in [5.41, 5.74) is -0.0125. The van der Waals surface area contributed by atoms with Gasteiger partial charge in [-0.1, -0.05) is 13.8 Å². The summed E-state index contributed by atoms with van der Waals surface area (Å²) in [7, 11) is 0. The fourth-order valence-electron chi connectivity index (χ4n) is 2.14. The molecule has 1 aromatic rings. The molecule has 1 unspecified atom stereocenters. The lowest BCUT2D eigenvalue weighted by Gasteiger charge is -2.24. The van der Waals surface area contributed by atoms with E-state index in [1.54, 1.807) is 0 Å². The third-order valence-electron chi connectivity index (χ3n) is 3.29. The van der Waals surface area contributed by atoms with Crippen LogP contribution in [0.1, 0.15) is 39.4 Å². The molecule has 2 rings (SSSR count). The molecule has 0 radical (unpaired) electrons. The lowest BCUT2D eigenvalue weighted by molar-refractivity contribution is 0.185. The number of rotatable bonds is 6. The van der Waals surface area contributed by atoms with Gasteiger partial charge in [0.05, 0.1) is 12.1 Å². The van der Waals surface area contributed by atoms with Crippen LogP contribution in [-0.2, 0) is 11.2 Å². The van der Waals surface area contributed by atoms with Gasteiger partial charge in [-0.25, -0.2) is 9.97 Å². The van der Waals surface area contributed by atoms with E-state index in [9.17, 15) is 0 Å². The molecule has 2 heterocycles. The third kappa shape index (κ3) is 3.80. The van der Waals surface area contributed by atoms with Crippen LogP contribution in [0.2, 0.25) is 0 Å². The van der Waals surface area contributed by atoms with Gasteiger partial charge in [0.2, 0.25) is 0 Å². The number of nitrogens with one attached hydrogen (secondary N) is 2. The monoisotopic (exact) mass is 264 g/mol. The zero-order valence-electron chi connectivity index (χ0n) is 12.1. The number of aromatic nitrogens is 2. The van der Waals surface area contributed by atoms with Crippen LogP contribution in [0.15, 0.2) is 6.07 Å². The van der Waals surface area contributed by atoms with Crippen molar-refractivity contribution in [1.29, 1.82) is 0 Å². The van der Waals surface area contributed by atoms with Gasteiger partial charge in [0.1, 0.15) is 17.5 Å². The van der Waals surface area contributed by atoms with Gasteiger partial charge in [-0.2, -0.15) is 0 Å². The molecule has 1 aromatic heterocycles. The molecule has 0 aliphatic carbocycles. The van der Waals surface area contributed by atoms with Crippen molar-refractivity contribution in [3.63, 3.8) is 0 Å². The predicted molar refractivity (Wildman–Crippen MR) is 77.7 cm³/mol. The summed E-state index contributed by atoms with van der Waals surface area (Å²) in [6.45, 7) is 8.87. The topological polar surface area (TPSA) is 59.1 Å². The maximum Gasteiger partial charge on any atom is 0.132 e. The third-order valence-corrected chi connectivity index (χ3v) is 3.29. The first-order valence-electron chi connectivity index (χ1n) is 7.13. The highest BCUT2D eigenvalue weighted by Gasteiger charge is 2.29. The number of aryl methyl sites for hydroxylation is 1. The Kier molecular flexibility index (Phi) is 4.58. The molecule has 5 heteroatoms. The average molecular weight is 264 g/mol. The minimum atomic E-state index is -0.0125. The molecule has 1 saturated heterocycles. The standard InChI is InChI=1S/C14H24N4O/c1-4-7-15-12-9-13(17-11(5-2)16-12)18-14(3)6-8-19-10-14/h9H,4-8,10H2,1-3H3,(H2,15,16,17,18). The van der Waals surface area contributed by atoms with Crippen LogP contribution in [0.3, 0.4) is 0 Å². The molecule has 19 heavy (non-hydrogen) atoms. The van der Waals surface area contributed by atoms with Crippen molar-refractivity contribution in [3.05, 3.63) is 11.9 Å². The molecule has 0 aromatic carbocycles. The molecule has 5 nitrogen and oxygen atoms in total. The van der Waals surface area contributed by atoms with Crippen molar-refractivity contribution < 1.29 is 4.74 Å². The van der Waals surface area contributed by atoms with Gasteiger partial charge in [0, 0.05) is 25.6 Å². The SMILES string of the molecule is CCCNc1cc(NC2(C)CCOC2)nc(CC)n1. The fourth-order valence-corrected chi connectivity index (χ4v) is 2.14. The fraction of sp³-hybridized carbons (Fsp3) is 0.714. The highest BCUT2D eigenvalue weighted by molar-refractivity contribution is 5.49. The average Bonchev–Trinajstić information content (AvgIpc) is 2.82. The van der Waals surface area contributed by atoms with E-state index in [1.165, 1.54) is 0 Å². The Bertz CT molecular complexity index is 416. The van der Waals surface area contributed by atoms with Gasteiger partial charge in [-0.05, 0) is 19.8 Å². The largest absolute Gasteiger partial charge is 0.379 e. The Balaban J connectivity index is 2.14. The molecule has 106 valence electrons. The van der Waals surface area contributed by atoms with Gasteiger partial charge in [0.25, 0.3) is 0 Å². The van der Waals surface area contributed by atoms with E-state index in [1.807, 2.05) is 6.07 Å². The molecule has 1 aliphatic rings.